The maximum absolute atomic E-state index is 13.6. The Hall–Kier alpha value is -0.410. The average molecular weight is 356 g/mol. The van der Waals surface area contributed by atoms with E-state index in [1.807, 2.05) is 0 Å². The van der Waals surface area contributed by atoms with E-state index < -0.39 is 0 Å². The first-order valence-electron chi connectivity index (χ1n) is 7.98. The molecule has 1 saturated carbocycles. The molecule has 0 amide bonds. The molecule has 0 bridgehead atoms. The Morgan fingerprint density at radius 3 is 2.38 bits per heavy atom. The van der Waals surface area contributed by atoms with E-state index in [2.05, 4.69) is 48.1 Å². The van der Waals surface area contributed by atoms with E-state index in [0.717, 1.165) is 23.0 Å². The van der Waals surface area contributed by atoms with Gasteiger partial charge in [0, 0.05) is 16.6 Å². The molecule has 1 aromatic carbocycles. The van der Waals surface area contributed by atoms with E-state index in [9.17, 15) is 4.39 Å². The lowest BCUT2D eigenvalue weighted by Crippen LogP contribution is -2.45. The van der Waals surface area contributed by atoms with Gasteiger partial charge in [0.15, 0.2) is 0 Å². The van der Waals surface area contributed by atoms with Crippen LogP contribution >= 0.6 is 15.9 Å². The third-order valence-electron chi connectivity index (χ3n) is 4.41. The van der Waals surface area contributed by atoms with Crippen LogP contribution in [0.4, 0.5) is 4.39 Å². The third-order valence-corrected chi connectivity index (χ3v) is 4.87. The molecule has 2 rings (SSSR count). The summed E-state index contributed by atoms with van der Waals surface area (Å²) in [6.45, 7) is 7.65. The normalized spacial score (nSPS) is 18.7. The minimum absolute atomic E-state index is 0.132. The van der Waals surface area contributed by atoms with Crippen molar-refractivity contribution in [2.45, 2.75) is 64.8 Å². The molecule has 0 aromatic heterocycles. The van der Waals surface area contributed by atoms with Crippen LogP contribution in [0.25, 0.3) is 0 Å². The van der Waals surface area contributed by atoms with Crippen LogP contribution in [-0.2, 0) is 6.42 Å². The van der Waals surface area contributed by atoms with E-state index in [1.54, 1.807) is 6.07 Å². The molecule has 0 aliphatic heterocycles. The molecule has 118 valence electrons. The van der Waals surface area contributed by atoms with Crippen LogP contribution in [0.3, 0.4) is 0 Å². The van der Waals surface area contributed by atoms with Gasteiger partial charge in [-0.25, -0.2) is 4.39 Å². The summed E-state index contributed by atoms with van der Waals surface area (Å²) in [6, 6.07) is 5.29. The lowest BCUT2D eigenvalue weighted by Gasteiger charge is -2.40. The summed E-state index contributed by atoms with van der Waals surface area (Å²) in [4.78, 5) is 0. The van der Waals surface area contributed by atoms with Crippen LogP contribution < -0.4 is 5.32 Å². The van der Waals surface area contributed by atoms with Crippen molar-refractivity contribution in [1.82, 2.24) is 5.32 Å². The first kappa shape index (κ1) is 17.0. The molecular weight excluding hydrogens is 329 g/mol. The summed E-state index contributed by atoms with van der Waals surface area (Å²) in [5.74, 6) is -0.144. The predicted octanol–water partition coefficient (Wildman–Crippen LogP) is 5.47. The zero-order valence-corrected chi connectivity index (χ0v) is 15.0. The van der Waals surface area contributed by atoms with Crippen LogP contribution in [0.15, 0.2) is 22.7 Å². The van der Waals surface area contributed by atoms with Crippen molar-refractivity contribution in [2.75, 3.05) is 6.54 Å². The number of halogens is 2. The zero-order chi connectivity index (χ0) is 15.5. The van der Waals surface area contributed by atoms with Crippen LogP contribution in [0, 0.1) is 11.2 Å². The fourth-order valence-corrected chi connectivity index (χ4v) is 3.83. The minimum atomic E-state index is -0.144. The summed E-state index contributed by atoms with van der Waals surface area (Å²) < 4.78 is 14.5. The van der Waals surface area contributed by atoms with Gasteiger partial charge in [0.1, 0.15) is 5.82 Å². The first-order valence-corrected chi connectivity index (χ1v) is 8.77. The van der Waals surface area contributed by atoms with E-state index in [4.69, 9.17) is 0 Å². The van der Waals surface area contributed by atoms with Gasteiger partial charge < -0.3 is 5.32 Å². The van der Waals surface area contributed by atoms with E-state index in [0.29, 0.717) is 0 Å². The highest BCUT2D eigenvalue weighted by atomic mass is 79.9. The summed E-state index contributed by atoms with van der Waals surface area (Å²) in [5.41, 5.74) is 1.52. The summed E-state index contributed by atoms with van der Waals surface area (Å²) in [6.07, 6.45) is 7.37. The molecule has 1 N–H and O–H groups in total. The average Bonchev–Trinajstić information content (AvgIpc) is 2.35. The molecule has 1 aromatic rings. The molecular formula is C18H27BrFN. The van der Waals surface area contributed by atoms with Crippen LogP contribution in [-0.4, -0.2) is 12.1 Å². The van der Waals surface area contributed by atoms with Gasteiger partial charge in [0.2, 0.25) is 0 Å². The van der Waals surface area contributed by atoms with Gasteiger partial charge in [-0.2, -0.15) is 0 Å². The van der Waals surface area contributed by atoms with Crippen LogP contribution in [0.2, 0.25) is 0 Å². The van der Waals surface area contributed by atoms with Crippen molar-refractivity contribution in [3.05, 3.63) is 34.1 Å². The Bertz CT molecular complexity index is 452. The maximum Gasteiger partial charge on any atom is 0.124 e. The number of rotatable bonds is 4. The highest BCUT2D eigenvalue weighted by molar-refractivity contribution is 9.10. The molecule has 1 fully saturated rings. The van der Waals surface area contributed by atoms with Crippen molar-refractivity contribution in [2.24, 2.45) is 5.41 Å². The lowest BCUT2D eigenvalue weighted by molar-refractivity contribution is 0.165. The predicted molar refractivity (Wildman–Crippen MR) is 91.1 cm³/mol. The second kappa shape index (κ2) is 6.78. The van der Waals surface area contributed by atoms with Crippen molar-refractivity contribution in [1.29, 1.82) is 0 Å². The highest BCUT2D eigenvalue weighted by Crippen LogP contribution is 2.39. The van der Waals surface area contributed by atoms with Crippen molar-refractivity contribution < 1.29 is 4.39 Å². The summed E-state index contributed by atoms with van der Waals surface area (Å²) in [5, 5.41) is 3.68. The molecule has 0 radical (unpaired) electrons. The summed E-state index contributed by atoms with van der Waals surface area (Å²) in [7, 11) is 0. The third kappa shape index (κ3) is 5.37. The Morgan fingerprint density at radius 1 is 1.14 bits per heavy atom. The van der Waals surface area contributed by atoms with Gasteiger partial charge in [0.25, 0.3) is 0 Å². The van der Waals surface area contributed by atoms with E-state index in [-0.39, 0.29) is 16.8 Å². The second-order valence-electron chi connectivity index (χ2n) is 7.62. The smallest absolute Gasteiger partial charge is 0.124 e. The van der Waals surface area contributed by atoms with Gasteiger partial charge in [-0.05, 0) is 69.2 Å². The SMILES string of the molecule is CC(C)(C)NCC1(Cc2cc(F)cc(Br)c2)CCCCC1. The Morgan fingerprint density at radius 2 is 1.81 bits per heavy atom. The Balaban J connectivity index is 2.15. The number of hydrogen-bond acceptors (Lipinski definition) is 1. The summed E-state index contributed by atoms with van der Waals surface area (Å²) >= 11 is 3.41. The van der Waals surface area contributed by atoms with Gasteiger partial charge in [0.05, 0.1) is 0 Å². The van der Waals surface area contributed by atoms with Crippen LogP contribution in [0.1, 0.15) is 58.4 Å². The standard InChI is InChI=1S/C18H27BrFN/c1-17(2,3)21-13-18(7-5-4-6-8-18)12-14-9-15(19)11-16(20)10-14/h9-11,21H,4-8,12-13H2,1-3H3. The molecule has 1 nitrogen and oxygen atoms in total. The molecule has 1 aliphatic carbocycles. The molecule has 3 heteroatoms. The molecule has 0 unspecified atom stereocenters. The fraction of sp³-hybridized carbons (Fsp3) is 0.667. The van der Waals surface area contributed by atoms with E-state index in [1.165, 1.54) is 38.2 Å². The number of hydrogen-bond donors (Lipinski definition) is 1. The fourth-order valence-electron chi connectivity index (χ4n) is 3.32. The minimum Gasteiger partial charge on any atom is -0.312 e. The molecule has 0 atom stereocenters. The highest BCUT2D eigenvalue weighted by Gasteiger charge is 2.33. The first-order chi connectivity index (χ1) is 9.78. The van der Waals surface area contributed by atoms with E-state index >= 15 is 0 Å². The molecule has 0 saturated heterocycles. The second-order valence-corrected chi connectivity index (χ2v) is 8.53. The molecule has 0 heterocycles. The lowest BCUT2D eigenvalue weighted by atomic mass is 9.70. The molecule has 1 aliphatic rings. The van der Waals surface area contributed by atoms with Crippen molar-refractivity contribution in [3.63, 3.8) is 0 Å². The van der Waals surface area contributed by atoms with Crippen molar-refractivity contribution in [3.8, 4) is 0 Å². The number of nitrogens with one attached hydrogen (secondary N) is 1. The number of benzene rings is 1. The quantitative estimate of drug-likeness (QED) is 0.754. The Kier molecular flexibility index (Phi) is 5.48. The van der Waals surface area contributed by atoms with Gasteiger partial charge in [-0.3, -0.25) is 0 Å². The van der Waals surface area contributed by atoms with Crippen LogP contribution in [0.5, 0.6) is 0 Å². The maximum atomic E-state index is 13.6. The monoisotopic (exact) mass is 355 g/mol. The van der Waals surface area contributed by atoms with Gasteiger partial charge >= 0.3 is 0 Å². The Labute approximate surface area is 136 Å². The molecule has 0 spiro atoms. The largest absolute Gasteiger partial charge is 0.312 e. The topological polar surface area (TPSA) is 12.0 Å². The van der Waals surface area contributed by atoms with Gasteiger partial charge in [-0.1, -0.05) is 35.2 Å². The molecule has 21 heavy (non-hydrogen) atoms. The van der Waals surface area contributed by atoms with Crippen molar-refractivity contribution >= 4 is 15.9 Å². The zero-order valence-electron chi connectivity index (χ0n) is 13.4. The van der Waals surface area contributed by atoms with Gasteiger partial charge in [-0.15, -0.1) is 0 Å².